The molecule has 1 aliphatic heterocycles. The van der Waals surface area contributed by atoms with Crippen LogP contribution in [0, 0.1) is 10.8 Å². The average Bonchev–Trinajstić information content (AvgIpc) is 2.77. The normalized spacial score (nSPS) is 32.9. The molecule has 0 unspecified atom stereocenters. The molecule has 3 rings (SSSR count). The summed E-state index contributed by atoms with van der Waals surface area (Å²) in [4.78, 5) is 26.9. The number of fused-ring (bicyclic) bond motifs is 2. The summed E-state index contributed by atoms with van der Waals surface area (Å²) in [7, 11) is 1.74. The fourth-order valence-corrected chi connectivity index (χ4v) is 3.76. The minimum Gasteiger partial charge on any atom is -0.448 e. The van der Waals surface area contributed by atoms with E-state index in [4.69, 9.17) is 4.74 Å². The number of likely N-dealkylation sites (N-methyl/N-ethyl adjacent to an activating group) is 1. The molecule has 1 aromatic carbocycles. The summed E-state index contributed by atoms with van der Waals surface area (Å²) in [6, 6.07) is 9.45. The zero-order valence-electron chi connectivity index (χ0n) is 13.0. The van der Waals surface area contributed by atoms with Crippen LogP contribution in [0.1, 0.15) is 33.6 Å². The first-order valence-corrected chi connectivity index (χ1v) is 7.33. The predicted octanol–water partition coefficient (Wildman–Crippen LogP) is 2.77. The summed E-state index contributed by atoms with van der Waals surface area (Å²) in [5, 5.41) is 0. The summed E-state index contributed by atoms with van der Waals surface area (Å²) < 4.78 is 5.64. The van der Waals surface area contributed by atoms with E-state index in [-0.39, 0.29) is 11.9 Å². The Morgan fingerprint density at radius 3 is 2.24 bits per heavy atom. The van der Waals surface area contributed by atoms with Crippen LogP contribution >= 0.6 is 0 Å². The van der Waals surface area contributed by atoms with E-state index in [9.17, 15) is 9.59 Å². The molecule has 4 nitrogen and oxygen atoms in total. The number of hydrogen-bond donors (Lipinski definition) is 0. The molecule has 2 fully saturated rings. The second-order valence-corrected chi connectivity index (χ2v) is 6.87. The molecule has 2 bridgehead atoms. The lowest BCUT2D eigenvalue weighted by atomic mass is 9.66. The predicted molar refractivity (Wildman–Crippen MR) is 79.8 cm³/mol. The average molecular weight is 287 g/mol. The Hall–Kier alpha value is -1.84. The molecule has 4 heteroatoms. The molecule has 2 atom stereocenters. The Labute approximate surface area is 125 Å². The second kappa shape index (κ2) is 4.09. The number of nitrogens with zero attached hydrogens (tertiary/aromatic N) is 1. The molecule has 1 saturated heterocycles. The maximum atomic E-state index is 13.1. The number of hydrogen-bond acceptors (Lipinski definition) is 3. The van der Waals surface area contributed by atoms with Crippen molar-refractivity contribution in [3.05, 3.63) is 30.3 Å². The molecule has 21 heavy (non-hydrogen) atoms. The van der Waals surface area contributed by atoms with Gasteiger partial charge in [0, 0.05) is 18.2 Å². The molecular weight excluding hydrogens is 266 g/mol. The maximum absolute atomic E-state index is 13.1. The van der Waals surface area contributed by atoms with E-state index >= 15 is 0 Å². The molecule has 1 aliphatic carbocycles. The fraction of sp³-hybridized carbons (Fsp3) is 0.529. The first-order chi connectivity index (χ1) is 9.76. The Morgan fingerprint density at radius 1 is 1.14 bits per heavy atom. The minimum absolute atomic E-state index is 0.131. The molecule has 2 aliphatic rings. The number of rotatable bonds is 2. The zero-order valence-corrected chi connectivity index (χ0v) is 13.0. The highest BCUT2D eigenvalue weighted by Gasteiger charge is 2.76. The Bertz CT molecular complexity index is 610. The molecule has 1 amide bonds. The third kappa shape index (κ3) is 1.50. The van der Waals surface area contributed by atoms with Gasteiger partial charge in [-0.05, 0) is 31.9 Å². The van der Waals surface area contributed by atoms with Gasteiger partial charge in [-0.15, -0.1) is 0 Å². The molecule has 1 saturated carbocycles. The lowest BCUT2D eigenvalue weighted by Gasteiger charge is -2.37. The Balaban J connectivity index is 2.01. The first-order valence-electron chi connectivity index (χ1n) is 7.33. The standard InChI is InChI=1S/C17H21NO3/c1-15(2)16(3)10-11-17(15,21-14(16)20)13(19)18(4)12-8-6-5-7-9-12/h5-9H,10-11H2,1-4H3/t16-,17-/m0/s1. The molecule has 0 radical (unpaired) electrons. The van der Waals surface area contributed by atoms with Crippen molar-refractivity contribution in [2.75, 3.05) is 11.9 Å². The summed E-state index contributed by atoms with van der Waals surface area (Å²) in [5.74, 6) is -0.373. The highest BCUT2D eigenvalue weighted by atomic mass is 16.6. The van der Waals surface area contributed by atoms with E-state index in [2.05, 4.69) is 0 Å². The number of carbonyl (C=O) groups excluding carboxylic acids is 2. The van der Waals surface area contributed by atoms with Gasteiger partial charge in [-0.2, -0.15) is 0 Å². The Morgan fingerprint density at radius 2 is 1.76 bits per heavy atom. The summed E-state index contributed by atoms with van der Waals surface area (Å²) >= 11 is 0. The van der Waals surface area contributed by atoms with Crippen molar-refractivity contribution >= 4 is 17.6 Å². The van der Waals surface area contributed by atoms with Crippen LogP contribution in [0.2, 0.25) is 0 Å². The fourth-order valence-electron chi connectivity index (χ4n) is 3.76. The van der Waals surface area contributed by atoms with E-state index in [1.807, 2.05) is 51.1 Å². The van der Waals surface area contributed by atoms with E-state index in [1.54, 1.807) is 11.9 Å². The number of amides is 1. The van der Waals surface area contributed by atoms with Crippen LogP contribution in [0.4, 0.5) is 5.69 Å². The van der Waals surface area contributed by atoms with Gasteiger partial charge >= 0.3 is 5.97 Å². The van der Waals surface area contributed by atoms with Gasteiger partial charge in [-0.3, -0.25) is 9.59 Å². The number of benzene rings is 1. The van der Waals surface area contributed by atoms with Crippen molar-refractivity contribution in [1.82, 2.24) is 0 Å². The lowest BCUT2D eigenvalue weighted by Crippen LogP contribution is -2.54. The highest BCUT2D eigenvalue weighted by Crippen LogP contribution is 2.65. The monoisotopic (exact) mass is 287 g/mol. The van der Waals surface area contributed by atoms with Gasteiger partial charge in [-0.25, -0.2) is 0 Å². The third-order valence-corrected chi connectivity index (χ3v) is 5.88. The molecule has 112 valence electrons. The van der Waals surface area contributed by atoms with Gasteiger partial charge in [-0.1, -0.05) is 32.0 Å². The van der Waals surface area contributed by atoms with Crippen LogP contribution in [-0.4, -0.2) is 24.5 Å². The van der Waals surface area contributed by atoms with Crippen LogP contribution < -0.4 is 4.90 Å². The van der Waals surface area contributed by atoms with E-state index in [0.29, 0.717) is 12.8 Å². The van der Waals surface area contributed by atoms with Crippen LogP contribution in [-0.2, 0) is 14.3 Å². The maximum Gasteiger partial charge on any atom is 0.313 e. The van der Waals surface area contributed by atoms with Gasteiger partial charge in [0.25, 0.3) is 5.91 Å². The van der Waals surface area contributed by atoms with Gasteiger partial charge in [0.1, 0.15) is 0 Å². The van der Waals surface area contributed by atoms with Crippen molar-refractivity contribution in [3.8, 4) is 0 Å². The molecule has 0 spiro atoms. The summed E-state index contributed by atoms with van der Waals surface area (Å²) in [6.07, 6.45) is 1.30. The molecule has 1 heterocycles. The quantitative estimate of drug-likeness (QED) is 0.786. The molecule has 1 aromatic rings. The van der Waals surface area contributed by atoms with Crippen molar-refractivity contribution in [2.45, 2.75) is 39.2 Å². The van der Waals surface area contributed by atoms with Gasteiger partial charge in [0.05, 0.1) is 5.41 Å². The highest BCUT2D eigenvalue weighted by molar-refractivity contribution is 6.04. The molecule has 0 aromatic heterocycles. The number of para-hydroxylation sites is 1. The van der Waals surface area contributed by atoms with Gasteiger partial charge < -0.3 is 9.64 Å². The van der Waals surface area contributed by atoms with E-state index in [1.165, 1.54) is 0 Å². The largest absolute Gasteiger partial charge is 0.448 e. The summed E-state index contributed by atoms with van der Waals surface area (Å²) in [5.41, 5.74) is -1.30. The number of ether oxygens (including phenoxy) is 1. The molecule has 0 N–H and O–H groups in total. The van der Waals surface area contributed by atoms with Crippen LogP contribution in [0.15, 0.2) is 30.3 Å². The van der Waals surface area contributed by atoms with Crippen molar-refractivity contribution in [2.24, 2.45) is 10.8 Å². The van der Waals surface area contributed by atoms with E-state index < -0.39 is 16.4 Å². The van der Waals surface area contributed by atoms with Crippen LogP contribution in [0.3, 0.4) is 0 Å². The molecular formula is C17H21NO3. The van der Waals surface area contributed by atoms with E-state index in [0.717, 1.165) is 5.69 Å². The number of carbonyl (C=O) groups is 2. The Kier molecular flexibility index (Phi) is 2.75. The number of anilines is 1. The van der Waals surface area contributed by atoms with Crippen molar-refractivity contribution in [1.29, 1.82) is 0 Å². The SMILES string of the molecule is CN(C(=O)[C@]12CC[C@@](C)(C(=O)O1)C2(C)C)c1ccccc1. The van der Waals surface area contributed by atoms with Gasteiger partial charge in [0.2, 0.25) is 0 Å². The first kappa shape index (κ1) is 14.1. The van der Waals surface area contributed by atoms with Crippen LogP contribution in [0.25, 0.3) is 0 Å². The van der Waals surface area contributed by atoms with Crippen LogP contribution in [0.5, 0.6) is 0 Å². The minimum atomic E-state index is -1.04. The smallest absolute Gasteiger partial charge is 0.313 e. The second-order valence-electron chi connectivity index (χ2n) is 6.87. The third-order valence-electron chi connectivity index (χ3n) is 5.88. The van der Waals surface area contributed by atoms with Crippen molar-refractivity contribution in [3.63, 3.8) is 0 Å². The zero-order chi connectivity index (χ0) is 15.5. The van der Waals surface area contributed by atoms with Gasteiger partial charge in [0.15, 0.2) is 5.60 Å². The number of esters is 1. The lowest BCUT2D eigenvalue weighted by molar-refractivity contribution is -0.166. The van der Waals surface area contributed by atoms with Crippen molar-refractivity contribution < 1.29 is 14.3 Å². The summed E-state index contributed by atoms with van der Waals surface area (Å²) in [6.45, 7) is 5.86. The topological polar surface area (TPSA) is 46.6 Å².